The Kier molecular flexibility index (Phi) is 3.72. The van der Waals surface area contributed by atoms with Crippen LogP contribution in [0.1, 0.15) is 39.5 Å². The van der Waals surface area contributed by atoms with Crippen LogP contribution in [0.4, 0.5) is 0 Å². The van der Waals surface area contributed by atoms with Crippen LogP contribution in [0.3, 0.4) is 0 Å². The lowest BCUT2D eigenvalue weighted by atomic mass is 9.96. The fourth-order valence-corrected chi connectivity index (χ4v) is 1.66. The fraction of sp³-hybridized carbons (Fsp3) is 0.818. The quantitative estimate of drug-likeness (QED) is 0.699. The van der Waals surface area contributed by atoms with Crippen molar-refractivity contribution in [3.8, 4) is 0 Å². The fourth-order valence-electron chi connectivity index (χ4n) is 1.66. The molecule has 0 spiro atoms. The van der Waals surface area contributed by atoms with E-state index in [0.717, 1.165) is 19.3 Å². The summed E-state index contributed by atoms with van der Waals surface area (Å²) in [5, 5.41) is 2.79. The lowest BCUT2D eigenvalue weighted by molar-refractivity contribution is -0.150. The van der Waals surface area contributed by atoms with Gasteiger partial charge in [-0.05, 0) is 26.2 Å². The van der Waals surface area contributed by atoms with E-state index in [1.54, 1.807) is 6.92 Å². The number of nitrogens with one attached hydrogen (secondary N) is 1. The number of carbonyl (C=O) groups is 2. The Balaban J connectivity index is 2.62. The number of esters is 1. The molecule has 1 atom stereocenters. The Bertz CT molecular complexity index is 261. The number of hydrogen-bond donors (Lipinski definition) is 1. The molecule has 4 nitrogen and oxygen atoms in total. The summed E-state index contributed by atoms with van der Waals surface area (Å²) in [5.74, 6) is -0.263. The molecule has 0 saturated heterocycles. The third-order valence-corrected chi connectivity index (χ3v) is 2.73. The van der Waals surface area contributed by atoms with Crippen LogP contribution >= 0.6 is 0 Å². The lowest BCUT2D eigenvalue weighted by Crippen LogP contribution is -2.53. The number of hydrogen-bond acceptors (Lipinski definition) is 3. The molecule has 1 N–H and O–H groups in total. The predicted molar refractivity (Wildman–Crippen MR) is 56.2 cm³/mol. The van der Waals surface area contributed by atoms with Gasteiger partial charge >= 0.3 is 5.97 Å². The van der Waals surface area contributed by atoms with Crippen molar-refractivity contribution in [1.82, 2.24) is 5.32 Å². The van der Waals surface area contributed by atoms with E-state index in [1.165, 1.54) is 7.11 Å². The topological polar surface area (TPSA) is 55.4 Å². The third-order valence-electron chi connectivity index (χ3n) is 2.73. The number of carbonyl (C=O) groups excluding carboxylic acids is 2. The van der Waals surface area contributed by atoms with Gasteiger partial charge in [0.15, 0.2) is 0 Å². The first-order valence-corrected chi connectivity index (χ1v) is 5.44. The minimum Gasteiger partial charge on any atom is -0.467 e. The molecule has 1 unspecified atom stereocenters. The molecule has 0 bridgehead atoms. The van der Waals surface area contributed by atoms with Gasteiger partial charge in [-0.3, -0.25) is 4.79 Å². The standard InChI is InChI=1S/C11H19NO3/c1-4-7-11(2,10(14)15-3)12-9(13)8-5-6-8/h8H,4-7H2,1-3H3,(H,12,13). The van der Waals surface area contributed by atoms with Gasteiger partial charge in [0.1, 0.15) is 5.54 Å². The maximum absolute atomic E-state index is 11.6. The second-order valence-corrected chi connectivity index (χ2v) is 4.34. The molecular formula is C11H19NO3. The highest BCUT2D eigenvalue weighted by atomic mass is 16.5. The average molecular weight is 213 g/mol. The van der Waals surface area contributed by atoms with Crippen molar-refractivity contribution in [2.45, 2.75) is 45.1 Å². The van der Waals surface area contributed by atoms with E-state index in [-0.39, 0.29) is 17.8 Å². The second kappa shape index (κ2) is 4.64. The molecule has 0 aromatic rings. The van der Waals surface area contributed by atoms with Crippen molar-refractivity contribution in [1.29, 1.82) is 0 Å². The molecule has 1 aliphatic carbocycles. The van der Waals surface area contributed by atoms with Crippen LogP contribution in [0.5, 0.6) is 0 Å². The van der Waals surface area contributed by atoms with Gasteiger partial charge < -0.3 is 10.1 Å². The summed E-state index contributed by atoms with van der Waals surface area (Å²) in [6.45, 7) is 3.70. The highest BCUT2D eigenvalue weighted by molar-refractivity contribution is 5.89. The smallest absolute Gasteiger partial charge is 0.331 e. The van der Waals surface area contributed by atoms with Crippen LogP contribution in [-0.2, 0) is 14.3 Å². The van der Waals surface area contributed by atoms with Gasteiger partial charge in [0, 0.05) is 5.92 Å². The average Bonchev–Trinajstić information content (AvgIpc) is 2.99. The van der Waals surface area contributed by atoms with E-state index < -0.39 is 5.54 Å². The third kappa shape index (κ3) is 2.94. The molecule has 86 valence electrons. The Morgan fingerprint density at radius 2 is 2.07 bits per heavy atom. The Morgan fingerprint density at radius 1 is 1.47 bits per heavy atom. The summed E-state index contributed by atoms with van der Waals surface area (Å²) in [7, 11) is 1.35. The molecular weight excluding hydrogens is 194 g/mol. The summed E-state index contributed by atoms with van der Waals surface area (Å²) in [5.41, 5.74) is -0.858. The van der Waals surface area contributed by atoms with Crippen molar-refractivity contribution in [2.75, 3.05) is 7.11 Å². The van der Waals surface area contributed by atoms with Crippen LogP contribution in [0.2, 0.25) is 0 Å². The van der Waals surface area contributed by atoms with Crippen molar-refractivity contribution in [3.05, 3.63) is 0 Å². The van der Waals surface area contributed by atoms with E-state index in [0.29, 0.717) is 6.42 Å². The summed E-state index contributed by atoms with van der Waals surface area (Å²) in [6.07, 6.45) is 3.32. The summed E-state index contributed by atoms with van der Waals surface area (Å²) < 4.78 is 4.72. The van der Waals surface area contributed by atoms with Crippen LogP contribution < -0.4 is 5.32 Å². The molecule has 1 fully saturated rings. The zero-order chi connectivity index (χ0) is 11.5. The zero-order valence-electron chi connectivity index (χ0n) is 9.63. The van der Waals surface area contributed by atoms with Crippen LogP contribution in [0, 0.1) is 5.92 Å². The van der Waals surface area contributed by atoms with Crippen LogP contribution in [0.15, 0.2) is 0 Å². The van der Waals surface area contributed by atoms with E-state index >= 15 is 0 Å². The van der Waals surface area contributed by atoms with Crippen LogP contribution in [0.25, 0.3) is 0 Å². The molecule has 0 heterocycles. The number of amides is 1. The van der Waals surface area contributed by atoms with Crippen molar-refractivity contribution < 1.29 is 14.3 Å². The van der Waals surface area contributed by atoms with Gasteiger partial charge in [0.25, 0.3) is 0 Å². The largest absolute Gasteiger partial charge is 0.467 e. The normalized spacial score (nSPS) is 19.1. The predicted octanol–water partition coefficient (Wildman–Crippen LogP) is 1.24. The molecule has 4 heteroatoms. The number of methoxy groups -OCH3 is 1. The SMILES string of the molecule is CCCC(C)(NC(=O)C1CC1)C(=O)OC. The summed E-state index contributed by atoms with van der Waals surface area (Å²) in [6, 6.07) is 0. The molecule has 1 rings (SSSR count). The monoisotopic (exact) mass is 213 g/mol. The van der Waals surface area contributed by atoms with E-state index in [2.05, 4.69) is 5.32 Å². The maximum Gasteiger partial charge on any atom is 0.331 e. The van der Waals surface area contributed by atoms with Gasteiger partial charge in [-0.2, -0.15) is 0 Å². The maximum atomic E-state index is 11.6. The van der Waals surface area contributed by atoms with Crippen LogP contribution in [-0.4, -0.2) is 24.5 Å². The van der Waals surface area contributed by atoms with E-state index in [4.69, 9.17) is 4.74 Å². The molecule has 0 aliphatic heterocycles. The molecule has 1 saturated carbocycles. The lowest BCUT2D eigenvalue weighted by Gasteiger charge is -2.27. The Labute approximate surface area is 90.4 Å². The first-order valence-electron chi connectivity index (χ1n) is 5.44. The minimum atomic E-state index is -0.858. The molecule has 15 heavy (non-hydrogen) atoms. The van der Waals surface area contributed by atoms with E-state index in [9.17, 15) is 9.59 Å². The second-order valence-electron chi connectivity index (χ2n) is 4.34. The van der Waals surface area contributed by atoms with Gasteiger partial charge in [0.05, 0.1) is 7.11 Å². The molecule has 0 aromatic heterocycles. The van der Waals surface area contributed by atoms with Crippen molar-refractivity contribution in [3.63, 3.8) is 0 Å². The van der Waals surface area contributed by atoms with E-state index in [1.807, 2.05) is 6.92 Å². The number of ether oxygens (including phenoxy) is 1. The van der Waals surface area contributed by atoms with Gasteiger partial charge in [0.2, 0.25) is 5.91 Å². The van der Waals surface area contributed by atoms with Gasteiger partial charge in [-0.25, -0.2) is 4.79 Å². The highest BCUT2D eigenvalue weighted by Gasteiger charge is 2.39. The summed E-state index contributed by atoms with van der Waals surface area (Å²) >= 11 is 0. The molecule has 1 aliphatic rings. The summed E-state index contributed by atoms with van der Waals surface area (Å²) in [4.78, 5) is 23.2. The van der Waals surface area contributed by atoms with Gasteiger partial charge in [-0.1, -0.05) is 13.3 Å². The Morgan fingerprint density at radius 3 is 2.47 bits per heavy atom. The first kappa shape index (κ1) is 12.0. The van der Waals surface area contributed by atoms with Gasteiger partial charge in [-0.15, -0.1) is 0 Å². The minimum absolute atomic E-state index is 0.0173. The first-order chi connectivity index (χ1) is 7.03. The molecule has 0 aromatic carbocycles. The van der Waals surface area contributed by atoms with Crippen molar-refractivity contribution in [2.24, 2.45) is 5.92 Å². The van der Waals surface area contributed by atoms with Crippen molar-refractivity contribution >= 4 is 11.9 Å². The molecule has 1 amide bonds. The molecule has 0 radical (unpaired) electrons. The zero-order valence-corrected chi connectivity index (χ0v) is 9.63. The highest BCUT2D eigenvalue weighted by Crippen LogP contribution is 2.30. The Hall–Kier alpha value is -1.06. The number of rotatable bonds is 5.